The van der Waals surface area contributed by atoms with Crippen molar-refractivity contribution in [2.24, 2.45) is 0 Å². The molecule has 0 aliphatic heterocycles. The SMILES string of the molecule is CC/C=C\C/C=C\C/C=C\C/C=C\C/C=C\C/C=C\CCCCC(=O)OCC(COC(=O)CCCCCCC/C=C\CCCCC)OC(=O)CC/C=C\C/C=C\C/C=C\C/C=C\C/C=C\C/C=C\CC. The first-order chi connectivity index (χ1) is 34.5. The molecule has 70 heavy (non-hydrogen) atoms. The average molecular weight is 963 g/mol. The quantitative estimate of drug-likeness (QED) is 0.0262. The molecule has 390 valence electrons. The topological polar surface area (TPSA) is 78.9 Å². The van der Waals surface area contributed by atoms with E-state index in [4.69, 9.17) is 14.2 Å². The highest BCUT2D eigenvalue weighted by Gasteiger charge is 2.19. The van der Waals surface area contributed by atoms with Gasteiger partial charge < -0.3 is 14.2 Å². The normalized spacial score (nSPS) is 13.4. The lowest BCUT2D eigenvalue weighted by molar-refractivity contribution is -0.166. The lowest BCUT2D eigenvalue weighted by Gasteiger charge is -2.18. The summed E-state index contributed by atoms with van der Waals surface area (Å²) in [5, 5.41) is 0. The summed E-state index contributed by atoms with van der Waals surface area (Å²) >= 11 is 0. The number of hydrogen-bond acceptors (Lipinski definition) is 6. The van der Waals surface area contributed by atoms with E-state index in [0.29, 0.717) is 19.3 Å². The molecule has 0 spiro atoms. The predicted octanol–water partition coefficient (Wildman–Crippen LogP) is 18.6. The molecule has 0 saturated carbocycles. The number of carbonyl (C=O) groups excluding carboxylic acids is 3. The van der Waals surface area contributed by atoms with Gasteiger partial charge in [-0.15, -0.1) is 0 Å². The third kappa shape index (κ3) is 54.0. The molecule has 1 atom stereocenters. The van der Waals surface area contributed by atoms with E-state index in [-0.39, 0.29) is 38.0 Å². The number of carbonyl (C=O) groups is 3. The van der Waals surface area contributed by atoms with Crippen LogP contribution in [0.1, 0.15) is 207 Å². The number of hydrogen-bond donors (Lipinski definition) is 0. The van der Waals surface area contributed by atoms with Crippen molar-refractivity contribution in [3.63, 3.8) is 0 Å². The summed E-state index contributed by atoms with van der Waals surface area (Å²) in [4.78, 5) is 38.0. The molecular formula is C64H98O6. The van der Waals surface area contributed by atoms with E-state index >= 15 is 0 Å². The molecule has 0 aromatic rings. The van der Waals surface area contributed by atoms with Crippen molar-refractivity contribution < 1.29 is 28.6 Å². The van der Waals surface area contributed by atoms with Crippen LogP contribution >= 0.6 is 0 Å². The van der Waals surface area contributed by atoms with Crippen LogP contribution in [-0.4, -0.2) is 37.2 Å². The zero-order chi connectivity index (χ0) is 50.7. The molecule has 6 heteroatoms. The molecule has 0 fully saturated rings. The van der Waals surface area contributed by atoms with Crippen molar-refractivity contribution in [2.45, 2.75) is 213 Å². The van der Waals surface area contributed by atoms with E-state index < -0.39 is 12.1 Å². The van der Waals surface area contributed by atoms with Crippen molar-refractivity contribution in [1.29, 1.82) is 0 Å². The second kappa shape index (κ2) is 56.6. The van der Waals surface area contributed by atoms with E-state index in [1.165, 1.54) is 32.1 Å². The highest BCUT2D eigenvalue weighted by molar-refractivity contribution is 5.71. The standard InChI is InChI=1S/C64H98O6/c1-4-7-10-13-16-19-22-25-27-29-31-32-34-35-37-39-42-45-48-51-54-57-63(66)69-60-61(59-68-62(65)56-53-50-47-44-41-24-21-18-15-12-9-6-3)70-64(67)58-55-52-49-46-43-40-38-36-33-30-28-26-23-20-17-14-11-8-5-2/h7-8,10-11,16-21,25-28,31-33,35-37,40,42-43,45,49,52,61H,4-6,9,12-15,22-24,29-30,34,38-39,41,44,46-48,50-51,53-60H2,1-3H3/b10-7-,11-8-,19-16-,20-17-,21-18-,27-25-,28-26-,32-31-,36-33-,37-35-,43-40-,45-42-,52-49-. The molecule has 0 N–H and O–H groups in total. The number of unbranched alkanes of at least 4 members (excludes halogenated alkanes) is 10. The van der Waals surface area contributed by atoms with Crippen LogP contribution in [-0.2, 0) is 28.6 Å². The maximum Gasteiger partial charge on any atom is 0.306 e. The second-order valence-electron chi connectivity index (χ2n) is 17.4. The van der Waals surface area contributed by atoms with Gasteiger partial charge >= 0.3 is 17.9 Å². The minimum Gasteiger partial charge on any atom is -0.462 e. The molecule has 0 aliphatic carbocycles. The summed E-state index contributed by atoms with van der Waals surface area (Å²) < 4.78 is 16.7. The fraction of sp³-hybridized carbons (Fsp3) is 0.547. The van der Waals surface area contributed by atoms with Crippen LogP contribution in [0, 0.1) is 0 Å². The van der Waals surface area contributed by atoms with Gasteiger partial charge in [0, 0.05) is 19.3 Å². The number of allylic oxidation sites excluding steroid dienone is 26. The third-order valence-corrected chi connectivity index (χ3v) is 10.8. The van der Waals surface area contributed by atoms with Crippen LogP contribution in [0.25, 0.3) is 0 Å². The second-order valence-corrected chi connectivity index (χ2v) is 17.4. The molecule has 0 amide bonds. The lowest BCUT2D eigenvalue weighted by atomic mass is 10.1. The van der Waals surface area contributed by atoms with Gasteiger partial charge in [0.25, 0.3) is 0 Å². The van der Waals surface area contributed by atoms with Gasteiger partial charge in [0.2, 0.25) is 0 Å². The Balaban J connectivity index is 4.61. The summed E-state index contributed by atoms with van der Waals surface area (Å²) in [6, 6.07) is 0. The Morgan fingerprint density at radius 1 is 0.300 bits per heavy atom. The van der Waals surface area contributed by atoms with Gasteiger partial charge in [0.1, 0.15) is 13.2 Å². The van der Waals surface area contributed by atoms with Crippen molar-refractivity contribution in [2.75, 3.05) is 13.2 Å². The van der Waals surface area contributed by atoms with E-state index in [1.807, 2.05) is 12.2 Å². The molecule has 0 aromatic carbocycles. The first-order valence-corrected chi connectivity index (χ1v) is 27.5. The monoisotopic (exact) mass is 963 g/mol. The molecular weight excluding hydrogens is 865 g/mol. The van der Waals surface area contributed by atoms with Crippen molar-refractivity contribution >= 4 is 17.9 Å². The maximum atomic E-state index is 12.8. The Morgan fingerprint density at radius 3 is 0.971 bits per heavy atom. The van der Waals surface area contributed by atoms with Crippen LogP contribution < -0.4 is 0 Å². The Labute approximate surface area is 429 Å². The fourth-order valence-electron chi connectivity index (χ4n) is 6.70. The molecule has 0 aromatic heterocycles. The van der Waals surface area contributed by atoms with Gasteiger partial charge in [0.05, 0.1) is 0 Å². The summed E-state index contributed by atoms with van der Waals surface area (Å²) in [7, 11) is 0. The minimum absolute atomic E-state index is 0.134. The zero-order valence-electron chi connectivity index (χ0n) is 44.5. The Hall–Kier alpha value is -4.97. The van der Waals surface area contributed by atoms with Gasteiger partial charge in [-0.25, -0.2) is 0 Å². The molecule has 0 radical (unpaired) electrons. The van der Waals surface area contributed by atoms with E-state index in [0.717, 1.165) is 122 Å². The first-order valence-electron chi connectivity index (χ1n) is 27.5. The lowest BCUT2D eigenvalue weighted by Crippen LogP contribution is -2.30. The summed E-state index contributed by atoms with van der Waals surface area (Å²) in [6.07, 6.45) is 82.4. The Bertz CT molecular complexity index is 1620. The predicted molar refractivity (Wildman–Crippen MR) is 302 cm³/mol. The largest absolute Gasteiger partial charge is 0.462 e. The van der Waals surface area contributed by atoms with Crippen molar-refractivity contribution in [3.05, 3.63) is 158 Å². The molecule has 0 saturated heterocycles. The maximum absolute atomic E-state index is 12.8. The van der Waals surface area contributed by atoms with Crippen LogP contribution in [0.4, 0.5) is 0 Å². The van der Waals surface area contributed by atoms with Gasteiger partial charge in [-0.05, 0) is 135 Å². The van der Waals surface area contributed by atoms with E-state index in [2.05, 4.69) is 167 Å². The van der Waals surface area contributed by atoms with Gasteiger partial charge in [-0.1, -0.05) is 211 Å². The summed E-state index contributed by atoms with van der Waals surface area (Å²) in [6.45, 7) is 6.25. The van der Waals surface area contributed by atoms with Crippen LogP contribution in [0.3, 0.4) is 0 Å². The van der Waals surface area contributed by atoms with Gasteiger partial charge in [-0.2, -0.15) is 0 Å². The molecule has 1 unspecified atom stereocenters. The van der Waals surface area contributed by atoms with Crippen molar-refractivity contribution in [1.82, 2.24) is 0 Å². The van der Waals surface area contributed by atoms with E-state index in [1.54, 1.807) is 0 Å². The summed E-state index contributed by atoms with van der Waals surface area (Å²) in [5.41, 5.74) is 0. The molecule has 0 aliphatic rings. The summed E-state index contributed by atoms with van der Waals surface area (Å²) in [5.74, 6) is -1.08. The molecule has 0 heterocycles. The molecule has 0 bridgehead atoms. The number of rotatable bonds is 47. The van der Waals surface area contributed by atoms with Gasteiger partial charge in [-0.3, -0.25) is 14.4 Å². The van der Waals surface area contributed by atoms with Crippen LogP contribution in [0.5, 0.6) is 0 Å². The first kappa shape index (κ1) is 65.0. The van der Waals surface area contributed by atoms with E-state index in [9.17, 15) is 14.4 Å². The third-order valence-electron chi connectivity index (χ3n) is 10.8. The Kier molecular flexibility index (Phi) is 52.6. The number of esters is 3. The minimum atomic E-state index is -0.848. The molecule has 6 nitrogen and oxygen atoms in total. The highest BCUT2D eigenvalue weighted by atomic mass is 16.6. The zero-order valence-corrected chi connectivity index (χ0v) is 44.5. The number of ether oxygens (including phenoxy) is 3. The Morgan fingerprint density at radius 2 is 0.586 bits per heavy atom. The van der Waals surface area contributed by atoms with Gasteiger partial charge in [0.15, 0.2) is 6.10 Å². The fourth-order valence-corrected chi connectivity index (χ4v) is 6.70. The van der Waals surface area contributed by atoms with Crippen LogP contribution in [0.15, 0.2) is 158 Å². The smallest absolute Gasteiger partial charge is 0.306 e. The van der Waals surface area contributed by atoms with Crippen molar-refractivity contribution in [3.8, 4) is 0 Å². The average Bonchev–Trinajstić information content (AvgIpc) is 3.36. The molecule has 0 rings (SSSR count). The highest BCUT2D eigenvalue weighted by Crippen LogP contribution is 2.11. The van der Waals surface area contributed by atoms with Crippen LogP contribution in [0.2, 0.25) is 0 Å².